The lowest BCUT2D eigenvalue weighted by Crippen LogP contribution is -1.97. The van der Waals surface area contributed by atoms with Crippen LogP contribution in [-0.2, 0) is 0 Å². The lowest BCUT2D eigenvalue weighted by molar-refractivity contribution is 0.736. The Morgan fingerprint density at radius 1 is 1.36 bits per heavy atom. The van der Waals surface area contributed by atoms with Crippen LogP contribution >= 0.6 is 0 Å². The summed E-state index contributed by atoms with van der Waals surface area (Å²) in [5, 5.41) is 0. The van der Waals surface area contributed by atoms with Gasteiger partial charge in [0.1, 0.15) is 0 Å². The van der Waals surface area contributed by atoms with Crippen LogP contribution in [0.1, 0.15) is 31.7 Å². The molecule has 1 unspecified atom stereocenters. The average molecular weight is 149 g/mol. The second-order valence-corrected chi connectivity index (χ2v) is 2.94. The van der Waals surface area contributed by atoms with Crippen LogP contribution in [-0.4, -0.2) is 0 Å². The highest BCUT2D eigenvalue weighted by Gasteiger charge is 2.04. The van der Waals surface area contributed by atoms with E-state index in [2.05, 4.69) is 19.9 Å². The zero-order valence-electron chi connectivity index (χ0n) is 7.17. The molecule has 0 aromatic heterocycles. The van der Waals surface area contributed by atoms with Gasteiger partial charge in [0.2, 0.25) is 0 Å². The van der Waals surface area contributed by atoms with Crippen molar-refractivity contribution in [2.24, 2.45) is 0 Å². The lowest BCUT2D eigenvalue weighted by Gasteiger charge is -2.10. The van der Waals surface area contributed by atoms with Gasteiger partial charge < -0.3 is 5.73 Å². The van der Waals surface area contributed by atoms with Gasteiger partial charge in [0.05, 0.1) is 0 Å². The zero-order chi connectivity index (χ0) is 8.27. The van der Waals surface area contributed by atoms with E-state index in [-0.39, 0.29) is 0 Å². The van der Waals surface area contributed by atoms with Gasteiger partial charge in [0, 0.05) is 5.69 Å². The van der Waals surface area contributed by atoms with Crippen LogP contribution in [0.25, 0.3) is 0 Å². The SMILES string of the molecule is CCC(C)c1ccccc1N. The van der Waals surface area contributed by atoms with Crippen LogP contribution in [0.4, 0.5) is 5.69 Å². The molecule has 0 saturated heterocycles. The topological polar surface area (TPSA) is 26.0 Å². The summed E-state index contributed by atoms with van der Waals surface area (Å²) in [5.41, 5.74) is 7.99. The largest absolute Gasteiger partial charge is 0.398 e. The van der Waals surface area contributed by atoms with Gasteiger partial charge in [-0.1, -0.05) is 32.0 Å². The Morgan fingerprint density at radius 3 is 2.55 bits per heavy atom. The molecule has 1 aromatic rings. The number of hydrogen-bond donors (Lipinski definition) is 1. The summed E-state index contributed by atoms with van der Waals surface area (Å²) in [7, 11) is 0. The van der Waals surface area contributed by atoms with Crippen LogP contribution in [0.3, 0.4) is 0 Å². The van der Waals surface area contributed by atoms with Crippen molar-refractivity contribution < 1.29 is 0 Å². The first kappa shape index (κ1) is 8.12. The zero-order valence-corrected chi connectivity index (χ0v) is 7.17. The quantitative estimate of drug-likeness (QED) is 0.643. The predicted octanol–water partition coefficient (Wildman–Crippen LogP) is 2.78. The highest BCUT2D eigenvalue weighted by molar-refractivity contribution is 5.47. The van der Waals surface area contributed by atoms with Gasteiger partial charge in [-0.25, -0.2) is 0 Å². The van der Waals surface area contributed by atoms with Crippen molar-refractivity contribution in [3.63, 3.8) is 0 Å². The van der Waals surface area contributed by atoms with Crippen LogP contribution in [0.2, 0.25) is 0 Å². The van der Waals surface area contributed by atoms with Gasteiger partial charge in [-0.05, 0) is 24.0 Å². The highest BCUT2D eigenvalue weighted by Crippen LogP contribution is 2.23. The highest BCUT2D eigenvalue weighted by atomic mass is 14.6. The van der Waals surface area contributed by atoms with E-state index in [1.54, 1.807) is 0 Å². The molecule has 0 fully saturated rings. The molecule has 60 valence electrons. The van der Waals surface area contributed by atoms with Gasteiger partial charge >= 0.3 is 0 Å². The molecule has 0 heterocycles. The summed E-state index contributed by atoms with van der Waals surface area (Å²) in [4.78, 5) is 0. The summed E-state index contributed by atoms with van der Waals surface area (Å²) in [6, 6.07) is 8.07. The maximum absolute atomic E-state index is 5.80. The minimum atomic E-state index is 0.580. The van der Waals surface area contributed by atoms with Crippen molar-refractivity contribution in [2.75, 3.05) is 5.73 Å². The fourth-order valence-corrected chi connectivity index (χ4v) is 1.18. The van der Waals surface area contributed by atoms with Gasteiger partial charge in [0.25, 0.3) is 0 Å². The second kappa shape index (κ2) is 3.42. The second-order valence-electron chi connectivity index (χ2n) is 2.94. The number of benzene rings is 1. The normalized spacial score (nSPS) is 12.9. The van der Waals surface area contributed by atoms with E-state index in [9.17, 15) is 0 Å². The molecular weight excluding hydrogens is 134 g/mol. The third kappa shape index (κ3) is 1.73. The van der Waals surface area contributed by atoms with Crippen molar-refractivity contribution in [3.05, 3.63) is 29.8 Å². The Kier molecular flexibility index (Phi) is 2.53. The number of hydrogen-bond acceptors (Lipinski definition) is 1. The lowest BCUT2D eigenvalue weighted by atomic mass is 9.97. The third-order valence-corrected chi connectivity index (χ3v) is 2.14. The minimum Gasteiger partial charge on any atom is -0.398 e. The maximum atomic E-state index is 5.80. The van der Waals surface area contributed by atoms with Gasteiger partial charge in [-0.15, -0.1) is 0 Å². The molecule has 0 aliphatic carbocycles. The molecule has 0 radical (unpaired) electrons. The van der Waals surface area contributed by atoms with E-state index in [1.165, 1.54) is 5.56 Å². The predicted molar refractivity (Wildman–Crippen MR) is 49.6 cm³/mol. The minimum absolute atomic E-state index is 0.580. The van der Waals surface area contributed by atoms with Crippen molar-refractivity contribution in [1.82, 2.24) is 0 Å². The fourth-order valence-electron chi connectivity index (χ4n) is 1.18. The summed E-state index contributed by atoms with van der Waals surface area (Å²) in [5.74, 6) is 0.580. The molecular formula is C10H15N. The number of anilines is 1. The Morgan fingerprint density at radius 2 is 2.00 bits per heavy atom. The Hall–Kier alpha value is -0.980. The Balaban J connectivity index is 2.93. The average Bonchev–Trinajstić information content (AvgIpc) is 2.04. The van der Waals surface area contributed by atoms with E-state index in [0.717, 1.165) is 12.1 Å². The molecule has 2 N–H and O–H groups in total. The molecule has 11 heavy (non-hydrogen) atoms. The van der Waals surface area contributed by atoms with Crippen molar-refractivity contribution in [1.29, 1.82) is 0 Å². The maximum Gasteiger partial charge on any atom is 0.0349 e. The molecule has 1 rings (SSSR count). The molecule has 0 aliphatic heterocycles. The molecule has 0 aliphatic rings. The number of nitrogens with two attached hydrogens (primary N) is 1. The summed E-state index contributed by atoms with van der Waals surface area (Å²) >= 11 is 0. The Bertz CT molecular complexity index is 230. The Labute approximate surface area is 68.2 Å². The van der Waals surface area contributed by atoms with Crippen LogP contribution in [0.5, 0.6) is 0 Å². The first-order valence-corrected chi connectivity index (χ1v) is 4.10. The fraction of sp³-hybridized carbons (Fsp3) is 0.400. The first-order chi connectivity index (χ1) is 5.25. The molecule has 0 spiro atoms. The molecule has 1 heteroatoms. The van der Waals surface area contributed by atoms with Crippen LogP contribution in [0.15, 0.2) is 24.3 Å². The van der Waals surface area contributed by atoms with E-state index in [4.69, 9.17) is 5.73 Å². The van der Waals surface area contributed by atoms with Crippen LogP contribution in [0, 0.1) is 0 Å². The molecule has 1 atom stereocenters. The van der Waals surface area contributed by atoms with Gasteiger partial charge in [-0.2, -0.15) is 0 Å². The van der Waals surface area contributed by atoms with Crippen molar-refractivity contribution >= 4 is 5.69 Å². The summed E-state index contributed by atoms with van der Waals surface area (Å²) in [6.45, 7) is 4.38. The van der Waals surface area contributed by atoms with E-state index < -0.39 is 0 Å². The van der Waals surface area contributed by atoms with Gasteiger partial charge in [0.15, 0.2) is 0 Å². The number of rotatable bonds is 2. The van der Waals surface area contributed by atoms with Crippen LogP contribution < -0.4 is 5.73 Å². The molecule has 0 bridgehead atoms. The van der Waals surface area contributed by atoms with E-state index in [0.29, 0.717) is 5.92 Å². The number of para-hydroxylation sites is 1. The first-order valence-electron chi connectivity index (χ1n) is 4.10. The number of nitrogen functional groups attached to an aromatic ring is 1. The van der Waals surface area contributed by atoms with Crippen molar-refractivity contribution in [3.8, 4) is 0 Å². The van der Waals surface area contributed by atoms with Gasteiger partial charge in [-0.3, -0.25) is 0 Å². The van der Waals surface area contributed by atoms with Crippen molar-refractivity contribution in [2.45, 2.75) is 26.2 Å². The molecule has 0 saturated carbocycles. The molecule has 0 amide bonds. The standard InChI is InChI=1S/C10H15N/c1-3-8(2)9-6-4-5-7-10(9)11/h4-8H,3,11H2,1-2H3. The third-order valence-electron chi connectivity index (χ3n) is 2.14. The smallest absolute Gasteiger partial charge is 0.0349 e. The summed E-state index contributed by atoms with van der Waals surface area (Å²) in [6.07, 6.45) is 1.15. The summed E-state index contributed by atoms with van der Waals surface area (Å²) < 4.78 is 0. The molecule has 1 aromatic carbocycles. The monoisotopic (exact) mass is 149 g/mol. The molecule has 1 nitrogen and oxygen atoms in total. The van der Waals surface area contributed by atoms with E-state index in [1.807, 2.05) is 18.2 Å². The van der Waals surface area contributed by atoms with E-state index >= 15 is 0 Å².